The molecular formula is C21H22ClNO5S. The fourth-order valence-electron chi connectivity index (χ4n) is 3.26. The molecule has 6 nitrogen and oxygen atoms in total. The number of hydrogen-bond acceptors (Lipinski definition) is 5. The van der Waals surface area contributed by atoms with E-state index in [0.717, 1.165) is 12.8 Å². The average molecular weight is 436 g/mol. The molecule has 8 heteroatoms. The van der Waals surface area contributed by atoms with Gasteiger partial charge in [-0.05, 0) is 68.1 Å². The molecule has 0 bridgehead atoms. The van der Waals surface area contributed by atoms with Gasteiger partial charge in [-0.2, -0.15) is 4.31 Å². The second kappa shape index (κ2) is 8.65. The third-order valence-corrected chi connectivity index (χ3v) is 7.22. The molecule has 1 aliphatic rings. The molecular weight excluding hydrogens is 414 g/mol. The first-order valence-electron chi connectivity index (χ1n) is 9.31. The van der Waals surface area contributed by atoms with Crippen molar-refractivity contribution in [1.82, 2.24) is 4.31 Å². The Hall–Kier alpha value is -2.22. The second-order valence-corrected chi connectivity index (χ2v) is 9.54. The average Bonchev–Trinajstić information content (AvgIpc) is 2.68. The normalized spacial score (nSPS) is 17.7. The van der Waals surface area contributed by atoms with Gasteiger partial charge in [-0.15, -0.1) is 0 Å². The van der Waals surface area contributed by atoms with Crippen LogP contribution < -0.4 is 4.74 Å². The molecule has 0 aliphatic carbocycles. The molecule has 154 valence electrons. The van der Waals surface area contributed by atoms with Crippen LogP contribution in [-0.2, 0) is 10.0 Å². The lowest BCUT2D eigenvalue weighted by molar-refractivity contribution is 0.0734. The zero-order chi connectivity index (χ0) is 21.2. The zero-order valence-electron chi connectivity index (χ0n) is 16.2. The Kier molecular flexibility index (Phi) is 6.41. The van der Waals surface area contributed by atoms with E-state index in [4.69, 9.17) is 16.3 Å². The summed E-state index contributed by atoms with van der Waals surface area (Å²) in [6, 6.07) is 10.2. The molecule has 0 aromatic heterocycles. The van der Waals surface area contributed by atoms with Crippen LogP contribution in [-0.4, -0.2) is 37.6 Å². The molecule has 0 N–H and O–H groups in total. The first-order chi connectivity index (χ1) is 13.7. The summed E-state index contributed by atoms with van der Waals surface area (Å²) in [5.41, 5.74) is 0.578. The van der Waals surface area contributed by atoms with Crippen LogP contribution in [0.3, 0.4) is 0 Å². The van der Waals surface area contributed by atoms with Gasteiger partial charge in [-0.1, -0.05) is 18.5 Å². The van der Waals surface area contributed by atoms with Gasteiger partial charge in [-0.3, -0.25) is 4.79 Å². The highest BCUT2D eigenvalue weighted by Crippen LogP contribution is 2.29. The number of hydrogen-bond donors (Lipinski definition) is 0. The lowest BCUT2D eigenvalue weighted by atomic mass is 10.0. The van der Waals surface area contributed by atoms with E-state index in [0.29, 0.717) is 18.7 Å². The van der Waals surface area contributed by atoms with E-state index in [1.807, 2.05) is 6.92 Å². The number of Topliss-reactive ketones (excluding diaryl/α,β-unsaturated/α-hetero) is 1. The highest BCUT2D eigenvalue weighted by molar-refractivity contribution is 7.89. The van der Waals surface area contributed by atoms with Crippen molar-refractivity contribution in [1.29, 1.82) is 0 Å². The minimum absolute atomic E-state index is 0.0607. The van der Waals surface area contributed by atoms with Gasteiger partial charge in [0.2, 0.25) is 10.0 Å². The Balaban J connectivity index is 1.84. The first kappa shape index (κ1) is 21.5. The standard InChI is InChI=1S/C21H22ClNO5S/c1-14-4-3-11-23(13-14)29(26,27)20-12-17(7-10-19(20)22)21(25)28-18-8-5-16(6-9-18)15(2)24/h5-10,12,14H,3-4,11,13H2,1-2H3/t14-/m1/s1. The molecule has 29 heavy (non-hydrogen) atoms. The van der Waals surface area contributed by atoms with Gasteiger partial charge in [0, 0.05) is 18.7 Å². The van der Waals surface area contributed by atoms with Crippen LogP contribution in [0.4, 0.5) is 0 Å². The van der Waals surface area contributed by atoms with Crippen LogP contribution in [0.2, 0.25) is 5.02 Å². The van der Waals surface area contributed by atoms with Gasteiger partial charge in [0.15, 0.2) is 5.78 Å². The summed E-state index contributed by atoms with van der Waals surface area (Å²) in [6.07, 6.45) is 1.77. The van der Waals surface area contributed by atoms with Gasteiger partial charge in [0.25, 0.3) is 0 Å². The molecule has 1 aliphatic heterocycles. The van der Waals surface area contributed by atoms with E-state index in [9.17, 15) is 18.0 Å². The summed E-state index contributed by atoms with van der Waals surface area (Å²) in [6.45, 7) is 4.31. The van der Waals surface area contributed by atoms with Gasteiger partial charge in [-0.25, -0.2) is 13.2 Å². The molecule has 3 rings (SSSR count). The fraction of sp³-hybridized carbons (Fsp3) is 0.333. The smallest absolute Gasteiger partial charge is 0.343 e. The summed E-state index contributed by atoms with van der Waals surface area (Å²) >= 11 is 6.16. The number of carbonyl (C=O) groups is 2. The lowest BCUT2D eigenvalue weighted by Crippen LogP contribution is -2.39. The molecule has 0 spiro atoms. The maximum atomic E-state index is 13.0. The van der Waals surface area contributed by atoms with Crippen LogP contribution in [0.15, 0.2) is 47.4 Å². The summed E-state index contributed by atoms with van der Waals surface area (Å²) < 4.78 is 32.8. The number of piperidine rings is 1. The maximum Gasteiger partial charge on any atom is 0.343 e. The van der Waals surface area contributed by atoms with E-state index in [1.165, 1.54) is 41.6 Å². The predicted octanol–water partition coefficient (Wildman–Crippen LogP) is 4.18. The number of ether oxygens (including phenoxy) is 1. The third kappa shape index (κ3) is 4.86. The van der Waals surface area contributed by atoms with Crippen molar-refractivity contribution in [2.45, 2.75) is 31.6 Å². The second-order valence-electron chi connectivity index (χ2n) is 7.23. The summed E-state index contributed by atoms with van der Waals surface area (Å²) in [4.78, 5) is 23.7. The van der Waals surface area contributed by atoms with Crippen LogP contribution >= 0.6 is 11.6 Å². The van der Waals surface area contributed by atoms with Gasteiger partial charge in [0.1, 0.15) is 10.6 Å². The van der Waals surface area contributed by atoms with Crippen LogP contribution in [0.1, 0.15) is 47.4 Å². The fourth-order valence-corrected chi connectivity index (χ4v) is 5.35. The molecule has 1 atom stereocenters. The van der Waals surface area contributed by atoms with Crippen molar-refractivity contribution >= 4 is 33.4 Å². The van der Waals surface area contributed by atoms with Crippen molar-refractivity contribution in [3.05, 3.63) is 58.6 Å². The Morgan fingerprint density at radius 1 is 1.10 bits per heavy atom. The van der Waals surface area contributed by atoms with Crippen molar-refractivity contribution in [2.75, 3.05) is 13.1 Å². The van der Waals surface area contributed by atoms with E-state index in [-0.39, 0.29) is 32.9 Å². The summed E-state index contributed by atoms with van der Waals surface area (Å²) in [7, 11) is -3.81. The lowest BCUT2D eigenvalue weighted by Gasteiger charge is -2.30. The van der Waals surface area contributed by atoms with Crippen molar-refractivity contribution < 1.29 is 22.7 Å². The minimum atomic E-state index is -3.81. The highest BCUT2D eigenvalue weighted by Gasteiger charge is 2.31. The van der Waals surface area contributed by atoms with Crippen LogP contribution in [0.5, 0.6) is 5.75 Å². The first-order valence-corrected chi connectivity index (χ1v) is 11.1. The van der Waals surface area contributed by atoms with Gasteiger partial charge >= 0.3 is 5.97 Å². The Bertz CT molecular complexity index is 1030. The quantitative estimate of drug-likeness (QED) is 0.399. The third-order valence-electron chi connectivity index (χ3n) is 4.88. The van der Waals surface area contributed by atoms with E-state index >= 15 is 0 Å². The van der Waals surface area contributed by atoms with Gasteiger partial charge < -0.3 is 4.74 Å². The van der Waals surface area contributed by atoms with E-state index in [1.54, 1.807) is 12.1 Å². The van der Waals surface area contributed by atoms with Gasteiger partial charge in [0.05, 0.1) is 10.6 Å². The van der Waals surface area contributed by atoms with E-state index < -0.39 is 16.0 Å². The van der Waals surface area contributed by atoms with Crippen molar-refractivity contribution in [3.63, 3.8) is 0 Å². The van der Waals surface area contributed by atoms with Crippen molar-refractivity contribution in [3.8, 4) is 5.75 Å². The Labute approximate surface area is 175 Å². The molecule has 0 saturated carbocycles. The summed E-state index contributed by atoms with van der Waals surface area (Å²) in [5.74, 6) is -0.282. The maximum absolute atomic E-state index is 13.0. The Morgan fingerprint density at radius 3 is 2.38 bits per heavy atom. The molecule has 2 aromatic rings. The Morgan fingerprint density at radius 2 is 1.76 bits per heavy atom. The van der Waals surface area contributed by atoms with Crippen molar-refractivity contribution in [2.24, 2.45) is 5.92 Å². The molecule has 0 amide bonds. The van der Waals surface area contributed by atoms with Crippen LogP contribution in [0, 0.1) is 5.92 Å². The SMILES string of the molecule is CC(=O)c1ccc(OC(=O)c2ccc(Cl)c(S(=O)(=O)N3CCC[C@@H](C)C3)c2)cc1. The van der Waals surface area contributed by atoms with E-state index in [2.05, 4.69) is 0 Å². The number of esters is 1. The highest BCUT2D eigenvalue weighted by atomic mass is 35.5. The minimum Gasteiger partial charge on any atom is -0.423 e. The predicted molar refractivity (Wildman–Crippen MR) is 110 cm³/mol. The molecule has 0 radical (unpaired) electrons. The zero-order valence-corrected chi connectivity index (χ0v) is 17.8. The molecule has 1 heterocycles. The van der Waals surface area contributed by atoms with Crippen LogP contribution in [0.25, 0.3) is 0 Å². The molecule has 1 fully saturated rings. The largest absolute Gasteiger partial charge is 0.423 e. The number of rotatable bonds is 5. The number of carbonyl (C=O) groups excluding carboxylic acids is 2. The summed E-state index contributed by atoms with van der Waals surface area (Å²) in [5, 5.41) is 0.0607. The molecule has 0 unspecified atom stereocenters. The molecule has 1 saturated heterocycles. The number of ketones is 1. The number of sulfonamides is 1. The number of benzene rings is 2. The number of halogens is 1. The molecule has 2 aromatic carbocycles. The number of nitrogens with zero attached hydrogens (tertiary/aromatic N) is 1. The topological polar surface area (TPSA) is 80.8 Å². The monoisotopic (exact) mass is 435 g/mol.